The van der Waals surface area contributed by atoms with E-state index in [2.05, 4.69) is 62.2 Å². The largest absolute Gasteiger partial charge is 0.472 e. The summed E-state index contributed by atoms with van der Waals surface area (Å²) >= 11 is 0. The summed E-state index contributed by atoms with van der Waals surface area (Å²) in [6.45, 7) is 2.51. The normalized spacial score (nSPS) is 17.3. The Morgan fingerprint density at radius 2 is 1.96 bits per heavy atom. The Bertz CT molecular complexity index is 988. The SMILES string of the molecule is c1ccc(C2c3cccn3CCN2Cc2noc(-c3ccoc3)n2)cc1. The van der Waals surface area contributed by atoms with Crippen LogP contribution in [0.25, 0.3) is 11.5 Å². The fourth-order valence-electron chi connectivity index (χ4n) is 3.62. The maximum Gasteiger partial charge on any atom is 0.261 e. The van der Waals surface area contributed by atoms with Crippen LogP contribution in [-0.4, -0.2) is 26.2 Å². The van der Waals surface area contributed by atoms with Gasteiger partial charge in [-0.25, -0.2) is 0 Å². The van der Waals surface area contributed by atoms with E-state index < -0.39 is 0 Å². The van der Waals surface area contributed by atoms with Gasteiger partial charge < -0.3 is 13.5 Å². The van der Waals surface area contributed by atoms with Crippen molar-refractivity contribution in [3.05, 3.63) is 84.3 Å². The van der Waals surface area contributed by atoms with Gasteiger partial charge in [-0.05, 0) is 23.8 Å². The van der Waals surface area contributed by atoms with Gasteiger partial charge in [0.05, 0.1) is 24.4 Å². The molecule has 1 aliphatic rings. The topological polar surface area (TPSA) is 60.2 Å². The van der Waals surface area contributed by atoms with Gasteiger partial charge in [-0.2, -0.15) is 4.98 Å². The van der Waals surface area contributed by atoms with E-state index in [1.54, 1.807) is 12.5 Å². The second-order valence-electron chi connectivity index (χ2n) is 6.44. The summed E-state index contributed by atoms with van der Waals surface area (Å²) in [7, 11) is 0. The lowest BCUT2D eigenvalue weighted by molar-refractivity contribution is 0.168. The van der Waals surface area contributed by atoms with Crippen LogP contribution in [0, 0.1) is 0 Å². The maximum absolute atomic E-state index is 5.39. The molecule has 0 bridgehead atoms. The molecule has 1 aromatic carbocycles. The molecule has 3 aromatic heterocycles. The molecule has 0 radical (unpaired) electrons. The first-order valence-corrected chi connectivity index (χ1v) is 8.68. The lowest BCUT2D eigenvalue weighted by Crippen LogP contribution is -2.38. The van der Waals surface area contributed by atoms with Gasteiger partial charge >= 0.3 is 0 Å². The van der Waals surface area contributed by atoms with Crippen LogP contribution in [0.15, 0.2) is 76.2 Å². The van der Waals surface area contributed by atoms with Crippen LogP contribution >= 0.6 is 0 Å². The molecule has 0 saturated carbocycles. The second kappa shape index (κ2) is 6.31. The molecule has 0 fully saturated rings. The molecule has 1 aliphatic heterocycles. The third kappa shape index (κ3) is 2.64. The smallest absolute Gasteiger partial charge is 0.261 e. The lowest BCUT2D eigenvalue weighted by Gasteiger charge is -2.36. The number of hydrogen-bond donors (Lipinski definition) is 0. The van der Waals surface area contributed by atoms with Crippen molar-refractivity contribution in [2.45, 2.75) is 19.1 Å². The zero-order valence-corrected chi connectivity index (χ0v) is 14.2. The molecule has 5 rings (SSSR count). The summed E-state index contributed by atoms with van der Waals surface area (Å²) in [5.74, 6) is 1.17. The average molecular weight is 346 g/mol. The number of aromatic nitrogens is 3. The third-order valence-electron chi connectivity index (χ3n) is 4.83. The van der Waals surface area contributed by atoms with Crippen molar-refractivity contribution in [2.24, 2.45) is 0 Å². The number of furan rings is 1. The van der Waals surface area contributed by atoms with Crippen molar-refractivity contribution >= 4 is 0 Å². The van der Waals surface area contributed by atoms with E-state index in [0.29, 0.717) is 18.3 Å². The van der Waals surface area contributed by atoms with E-state index in [4.69, 9.17) is 8.94 Å². The summed E-state index contributed by atoms with van der Waals surface area (Å²) in [5.41, 5.74) is 3.36. The van der Waals surface area contributed by atoms with Gasteiger partial charge in [0.15, 0.2) is 5.82 Å². The van der Waals surface area contributed by atoms with Gasteiger partial charge in [-0.1, -0.05) is 35.5 Å². The molecule has 26 heavy (non-hydrogen) atoms. The molecular formula is C20H18N4O2. The summed E-state index contributed by atoms with van der Waals surface area (Å²) in [5, 5.41) is 4.16. The Kier molecular flexibility index (Phi) is 3.68. The van der Waals surface area contributed by atoms with Gasteiger partial charge in [0, 0.05) is 25.0 Å². The Morgan fingerprint density at radius 1 is 1.04 bits per heavy atom. The molecule has 0 amide bonds. The molecule has 4 aromatic rings. The van der Waals surface area contributed by atoms with Crippen molar-refractivity contribution in [3.8, 4) is 11.5 Å². The predicted octanol–water partition coefficient (Wildman–Crippen LogP) is 3.74. The number of rotatable bonds is 4. The Balaban J connectivity index is 1.46. The second-order valence-corrected chi connectivity index (χ2v) is 6.44. The van der Waals surface area contributed by atoms with Crippen LogP contribution in [0.3, 0.4) is 0 Å². The highest BCUT2D eigenvalue weighted by Gasteiger charge is 2.29. The van der Waals surface area contributed by atoms with Gasteiger partial charge in [-0.15, -0.1) is 0 Å². The number of nitrogens with zero attached hydrogens (tertiary/aromatic N) is 4. The molecule has 0 aliphatic carbocycles. The first-order valence-electron chi connectivity index (χ1n) is 8.68. The highest BCUT2D eigenvalue weighted by atomic mass is 16.5. The fraction of sp³-hybridized carbons (Fsp3) is 0.200. The number of fused-ring (bicyclic) bond motifs is 1. The first-order chi connectivity index (χ1) is 12.9. The lowest BCUT2D eigenvalue weighted by atomic mass is 10.00. The zero-order chi connectivity index (χ0) is 17.3. The van der Waals surface area contributed by atoms with Gasteiger partial charge in [-0.3, -0.25) is 4.90 Å². The molecule has 0 N–H and O–H groups in total. The van der Waals surface area contributed by atoms with Crippen molar-refractivity contribution in [3.63, 3.8) is 0 Å². The summed E-state index contributed by atoms with van der Waals surface area (Å²) in [6.07, 6.45) is 5.36. The molecule has 6 heteroatoms. The van der Waals surface area contributed by atoms with Crippen LogP contribution in [0.1, 0.15) is 23.1 Å². The molecule has 1 atom stereocenters. The van der Waals surface area contributed by atoms with E-state index >= 15 is 0 Å². The van der Waals surface area contributed by atoms with Crippen LogP contribution in [0.2, 0.25) is 0 Å². The first kappa shape index (κ1) is 15.2. The van der Waals surface area contributed by atoms with Crippen LogP contribution in [0.4, 0.5) is 0 Å². The van der Waals surface area contributed by atoms with Gasteiger partial charge in [0.25, 0.3) is 5.89 Å². The summed E-state index contributed by atoms with van der Waals surface area (Å²) in [4.78, 5) is 6.93. The van der Waals surface area contributed by atoms with E-state index in [0.717, 1.165) is 18.7 Å². The molecule has 1 unspecified atom stereocenters. The van der Waals surface area contributed by atoms with Crippen molar-refractivity contribution in [1.82, 2.24) is 19.6 Å². The molecule has 0 saturated heterocycles. The van der Waals surface area contributed by atoms with E-state index in [9.17, 15) is 0 Å². The van der Waals surface area contributed by atoms with Gasteiger partial charge in [0.2, 0.25) is 0 Å². The van der Waals surface area contributed by atoms with Crippen molar-refractivity contribution in [1.29, 1.82) is 0 Å². The average Bonchev–Trinajstić information content (AvgIpc) is 3.43. The molecular weight excluding hydrogens is 328 g/mol. The highest BCUT2D eigenvalue weighted by Crippen LogP contribution is 2.33. The minimum atomic E-state index is 0.177. The molecule has 130 valence electrons. The maximum atomic E-state index is 5.39. The molecule has 4 heterocycles. The van der Waals surface area contributed by atoms with Gasteiger partial charge in [0.1, 0.15) is 6.26 Å². The quantitative estimate of drug-likeness (QED) is 0.563. The number of hydrogen-bond acceptors (Lipinski definition) is 5. The number of benzene rings is 1. The Hall–Kier alpha value is -3.12. The molecule has 0 spiro atoms. The standard InChI is InChI=1S/C20H18N4O2/c1-2-5-15(6-3-1)19-17-7-4-9-23(17)10-11-24(19)13-18-21-20(26-22-18)16-8-12-25-14-16/h1-9,12,14,19H,10-11,13H2. The van der Waals surface area contributed by atoms with E-state index in [-0.39, 0.29) is 6.04 Å². The molecule has 6 nitrogen and oxygen atoms in total. The van der Waals surface area contributed by atoms with Crippen molar-refractivity contribution < 1.29 is 8.94 Å². The Labute approximate surface area is 150 Å². The Morgan fingerprint density at radius 3 is 2.81 bits per heavy atom. The predicted molar refractivity (Wildman–Crippen MR) is 95.1 cm³/mol. The third-order valence-corrected chi connectivity index (χ3v) is 4.83. The monoisotopic (exact) mass is 346 g/mol. The zero-order valence-electron chi connectivity index (χ0n) is 14.2. The van der Waals surface area contributed by atoms with Crippen molar-refractivity contribution in [2.75, 3.05) is 6.54 Å². The minimum Gasteiger partial charge on any atom is -0.472 e. The van der Waals surface area contributed by atoms with E-state index in [1.807, 2.05) is 12.1 Å². The van der Waals surface area contributed by atoms with Crippen LogP contribution < -0.4 is 0 Å². The summed E-state index contributed by atoms with van der Waals surface area (Å²) in [6, 6.07) is 16.9. The van der Waals surface area contributed by atoms with E-state index in [1.165, 1.54) is 11.3 Å². The van der Waals surface area contributed by atoms with Crippen LogP contribution in [-0.2, 0) is 13.1 Å². The fourth-order valence-corrected chi connectivity index (χ4v) is 3.62. The minimum absolute atomic E-state index is 0.177. The highest BCUT2D eigenvalue weighted by molar-refractivity contribution is 5.49. The summed E-state index contributed by atoms with van der Waals surface area (Å²) < 4.78 is 12.8. The van der Waals surface area contributed by atoms with Crippen LogP contribution in [0.5, 0.6) is 0 Å².